The van der Waals surface area contributed by atoms with Crippen molar-refractivity contribution in [3.05, 3.63) is 0 Å². The molecule has 4 N–H and O–H groups in total. The number of nitrogens with one attached hydrogen (secondary N) is 1. The largest absolute Gasteiger partial charge is 0.409 e. The molecule has 0 spiro atoms. The molecule has 6 heteroatoms. The number of rotatable bonds is 4. The lowest BCUT2D eigenvalue weighted by Gasteiger charge is -2.22. The minimum atomic E-state index is -0.605. The lowest BCUT2D eigenvalue weighted by atomic mass is 10.1. The Labute approximate surface area is 86.2 Å². The minimum Gasteiger partial charge on any atom is -0.409 e. The van der Waals surface area contributed by atoms with Crippen molar-refractivity contribution in [3.63, 3.8) is 0 Å². The first-order valence-electron chi connectivity index (χ1n) is 4.77. The van der Waals surface area contributed by atoms with Gasteiger partial charge >= 0.3 is 0 Å². The summed E-state index contributed by atoms with van der Waals surface area (Å²) in [4.78, 5) is 0. The van der Waals surface area contributed by atoms with Crippen LogP contribution >= 0.6 is 0 Å². The Morgan fingerprint density at radius 3 is 2.79 bits per heavy atom. The Bertz CT molecular complexity index is 223. The van der Waals surface area contributed by atoms with Crippen LogP contribution in [-0.2, 0) is 10.8 Å². The summed E-state index contributed by atoms with van der Waals surface area (Å²) in [5.74, 6) is 1.83. The van der Waals surface area contributed by atoms with Crippen molar-refractivity contribution < 1.29 is 9.42 Å². The summed E-state index contributed by atoms with van der Waals surface area (Å²) in [5.41, 5.74) is 5.32. The van der Waals surface area contributed by atoms with Gasteiger partial charge in [-0.05, 0) is 12.8 Å². The summed E-state index contributed by atoms with van der Waals surface area (Å²) in [6, 6.07) is 0.444. The van der Waals surface area contributed by atoms with Crippen LogP contribution in [0.2, 0.25) is 0 Å². The van der Waals surface area contributed by atoms with E-state index in [0.29, 0.717) is 19.0 Å². The molecule has 1 saturated heterocycles. The zero-order valence-corrected chi connectivity index (χ0v) is 8.92. The van der Waals surface area contributed by atoms with Gasteiger partial charge in [-0.1, -0.05) is 5.16 Å². The summed E-state index contributed by atoms with van der Waals surface area (Å²) < 4.78 is 11.0. The number of oxime groups is 1. The van der Waals surface area contributed by atoms with Gasteiger partial charge in [-0.15, -0.1) is 0 Å². The Balaban J connectivity index is 2.10. The van der Waals surface area contributed by atoms with E-state index in [2.05, 4.69) is 10.5 Å². The lowest BCUT2D eigenvalue weighted by molar-refractivity contribution is 0.316. The fourth-order valence-electron chi connectivity index (χ4n) is 1.45. The third-order valence-electron chi connectivity index (χ3n) is 2.33. The highest BCUT2D eigenvalue weighted by molar-refractivity contribution is 7.85. The maximum absolute atomic E-state index is 11.0. The molecule has 0 aromatic heterocycles. The third kappa shape index (κ3) is 4.06. The van der Waals surface area contributed by atoms with E-state index < -0.39 is 10.8 Å². The molecule has 82 valence electrons. The molecule has 0 saturated carbocycles. The van der Waals surface area contributed by atoms with Crippen molar-refractivity contribution in [1.29, 1.82) is 0 Å². The minimum absolute atomic E-state index is 0.247. The zero-order valence-electron chi connectivity index (χ0n) is 8.11. The van der Waals surface area contributed by atoms with E-state index in [1.165, 1.54) is 0 Å². The van der Waals surface area contributed by atoms with Gasteiger partial charge in [-0.2, -0.15) is 0 Å². The van der Waals surface area contributed by atoms with E-state index in [-0.39, 0.29) is 5.84 Å². The van der Waals surface area contributed by atoms with Crippen molar-refractivity contribution in [2.45, 2.75) is 25.3 Å². The van der Waals surface area contributed by atoms with Gasteiger partial charge in [0.2, 0.25) is 0 Å². The molecule has 0 unspecified atom stereocenters. The van der Waals surface area contributed by atoms with Crippen molar-refractivity contribution in [1.82, 2.24) is 5.32 Å². The highest BCUT2D eigenvalue weighted by atomic mass is 32.2. The monoisotopic (exact) mass is 219 g/mol. The van der Waals surface area contributed by atoms with Gasteiger partial charge in [0.1, 0.15) is 5.84 Å². The van der Waals surface area contributed by atoms with E-state index in [1.54, 1.807) is 0 Å². The maximum Gasteiger partial charge on any atom is 0.140 e. The van der Waals surface area contributed by atoms with Gasteiger partial charge in [-0.25, -0.2) is 0 Å². The summed E-state index contributed by atoms with van der Waals surface area (Å²) in [5, 5.41) is 14.5. The Morgan fingerprint density at radius 2 is 2.21 bits per heavy atom. The average molecular weight is 219 g/mol. The first-order chi connectivity index (χ1) is 6.72. The normalized spacial score (nSPS) is 29.0. The van der Waals surface area contributed by atoms with Crippen LogP contribution < -0.4 is 11.1 Å². The first-order valence-corrected chi connectivity index (χ1v) is 6.26. The predicted octanol–water partition coefficient (Wildman–Crippen LogP) is -0.376. The molecule has 14 heavy (non-hydrogen) atoms. The fraction of sp³-hybridized carbons (Fsp3) is 0.875. The van der Waals surface area contributed by atoms with Crippen LogP contribution in [0.15, 0.2) is 5.16 Å². The van der Waals surface area contributed by atoms with Gasteiger partial charge in [-0.3, -0.25) is 4.21 Å². The van der Waals surface area contributed by atoms with Crippen LogP contribution in [0.3, 0.4) is 0 Å². The van der Waals surface area contributed by atoms with Gasteiger partial charge < -0.3 is 16.3 Å². The number of hydrogen-bond acceptors (Lipinski definition) is 4. The highest BCUT2D eigenvalue weighted by Gasteiger charge is 2.16. The molecule has 5 nitrogen and oxygen atoms in total. The quantitative estimate of drug-likeness (QED) is 0.260. The average Bonchev–Trinajstić information content (AvgIpc) is 2.21. The highest BCUT2D eigenvalue weighted by Crippen LogP contribution is 2.08. The van der Waals surface area contributed by atoms with Crippen molar-refractivity contribution in [2.75, 3.05) is 18.1 Å². The zero-order chi connectivity index (χ0) is 10.4. The van der Waals surface area contributed by atoms with E-state index in [0.717, 1.165) is 24.3 Å². The van der Waals surface area contributed by atoms with Crippen LogP contribution in [0.5, 0.6) is 0 Å². The molecule has 0 atom stereocenters. The second kappa shape index (κ2) is 5.98. The predicted molar refractivity (Wildman–Crippen MR) is 56.9 cm³/mol. The summed E-state index contributed by atoms with van der Waals surface area (Å²) in [7, 11) is -0.605. The van der Waals surface area contributed by atoms with Gasteiger partial charge in [0.05, 0.1) is 0 Å². The first kappa shape index (κ1) is 11.5. The van der Waals surface area contributed by atoms with Crippen molar-refractivity contribution in [3.8, 4) is 0 Å². The van der Waals surface area contributed by atoms with Crippen LogP contribution in [0, 0.1) is 0 Å². The second-order valence-electron chi connectivity index (χ2n) is 3.42. The molecule has 0 aliphatic carbocycles. The SMILES string of the molecule is NC(CCNC1CCS(=O)CC1)=NO. The van der Waals surface area contributed by atoms with Crippen LogP contribution in [0.25, 0.3) is 0 Å². The molecular formula is C8H17N3O2S. The van der Waals surface area contributed by atoms with E-state index in [1.807, 2.05) is 0 Å². The fourth-order valence-corrected chi connectivity index (χ4v) is 2.75. The van der Waals surface area contributed by atoms with Crippen LogP contribution in [-0.4, -0.2) is 39.3 Å². The standard InChI is InChI=1S/C8H17N3O2S/c9-8(11-12)1-4-10-7-2-5-14(13)6-3-7/h7,10,12H,1-6H2,(H2,9,11). The molecule has 1 rings (SSSR count). The van der Waals surface area contributed by atoms with E-state index >= 15 is 0 Å². The molecule has 1 aliphatic heterocycles. The number of nitrogens with zero attached hydrogens (tertiary/aromatic N) is 1. The lowest BCUT2D eigenvalue weighted by Crippen LogP contribution is -2.37. The molecule has 0 aromatic carbocycles. The number of amidine groups is 1. The molecule has 1 fully saturated rings. The van der Waals surface area contributed by atoms with E-state index in [4.69, 9.17) is 10.9 Å². The smallest absolute Gasteiger partial charge is 0.140 e. The molecule has 0 bridgehead atoms. The van der Waals surface area contributed by atoms with Gasteiger partial charge in [0, 0.05) is 41.3 Å². The Hall–Kier alpha value is -0.620. The number of hydrogen-bond donors (Lipinski definition) is 3. The van der Waals surface area contributed by atoms with Crippen molar-refractivity contribution in [2.24, 2.45) is 10.9 Å². The molecular weight excluding hydrogens is 202 g/mol. The molecule has 0 amide bonds. The summed E-state index contributed by atoms with van der Waals surface area (Å²) in [6.45, 7) is 0.715. The third-order valence-corrected chi connectivity index (χ3v) is 3.71. The molecule has 0 radical (unpaired) electrons. The van der Waals surface area contributed by atoms with Crippen LogP contribution in [0.1, 0.15) is 19.3 Å². The van der Waals surface area contributed by atoms with Gasteiger partial charge in [0.25, 0.3) is 0 Å². The second-order valence-corrected chi connectivity index (χ2v) is 5.11. The molecule has 1 aliphatic rings. The van der Waals surface area contributed by atoms with Gasteiger partial charge in [0.15, 0.2) is 0 Å². The van der Waals surface area contributed by atoms with Crippen molar-refractivity contribution >= 4 is 16.6 Å². The summed E-state index contributed by atoms with van der Waals surface area (Å²) in [6.07, 6.45) is 2.47. The molecule has 1 heterocycles. The van der Waals surface area contributed by atoms with E-state index in [9.17, 15) is 4.21 Å². The maximum atomic E-state index is 11.0. The molecule has 0 aromatic rings. The Morgan fingerprint density at radius 1 is 1.57 bits per heavy atom. The summed E-state index contributed by atoms with van der Waals surface area (Å²) >= 11 is 0. The topological polar surface area (TPSA) is 87.7 Å². The Kier molecular flexibility index (Phi) is 4.89. The number of nitrogens with two attached hydrogens (primary N) is 1. The van der Waals surface area contributed by atoms with Crippen LogP contribution in [0.4, 0.5) is 0 Å².